The van der Waals surface area contributed by atoms with Gasteiger partial charge in [0.1, 0.15) is 47.8 Å². The zero-order valence-corrected chi connectivity index (χ0v) is 41.5. The molecule has 0 spiro atoms. The van der Waals surface area contributed by atoms with Gasteiger partial charge >= 0.3 is 5.97 Å². The van der Waals surface area contributed by atoms with Crippen molar-refractivity contribution in [1.82, 2.24) is 15.2 Å². The van der Waals surface area contributed by atoms with Crippen LogP contribution >= 0.6 is 46.2 Å². The van der Waals surface area contributed by atoms with Crippen LogP contribution in [0.25, 0.3) is 10.1 Å². The number of benzene rings is 5. The molecule has 5 aromatic carbocycles. The Morgan fingerprint density at radius 3 is 2.04 bits per heavy atom. The summed E-state index contributed by atoms with van der Waals surface area (Å²) in [5.74, 6) is 0.313. The number of nitrogens with one attached hydrogen (secondary N) is 2. The molecule has 7 aromatic rings. The van der Waals surface area contributed by atoms with E-state index in [1.165, 1.54) is 72.4 Å². The summed E-state index contributed by atoms with van der Waals surface area (Å²) in [6.45, 7) is -0.0607. The lowest BCUT2D eigenvalue weighted by Crippen LogP contribution is -2.71. The smallest absolute Gasteiger partial charge is 0.355 e. The molecule has 2 amide bonds. The van der Waals surface area contributed by atoms with Gasteiger partial charge in [-0.1, -0.05) is 108 Å². The second-order valence-electron chi connectivity index (χ2n) is 15.8. The summed E-state index contributed by atoms with van der Waals surface area (Å²) in [6, 6.07) is 41.3. The molecule has 9 rings (SSSR count). The predicted octanol–water partition coefficient (Wildman–Crippen LogP) is 8.69. The van der Waals surface area contributed by atoms with Gasteiger partial charge in [0.2, 0.25) is 0 Å². The van der Waals surface area contributed by atoms with Crippen molar-refractivity contribution in [3.63, 3.8) is 0 Å². The summed E-state index contributed by atoms with van der Waals surface area (Å²) in [5.41, 5.74) is 3.38. The van der Waals surface area contributed by atoms with E-state index in [0.29, 0.717) is 48.0 Å². The van der Waals surface area contributed by atoms with Crippen molar-refractivity contribution in [3.8, 4) is 17.2 Å². The predicted molar refractivity (Wildman–Crippen MR) is 275 cm³/mol. The molecule has 1 fully saturated rings. The highest BCUT2D eigenvalue weighted by Gasteiger charge is 2.55. The minimum absolute atomic E-state index is 0.0607. The molecule has 0 bridgehead atoms. The van der Waals surface area contributed by atoms with Crippen molar-refractivity contribution in [2.75, 3.05) is 45.3 Å². The van der Waals surface area contributed by atoms with E-state index in [2.05, 4.69) is 52.2 Å². The van der Waals surface area contributed by atoms with Gasteiger partial charge in [-0.25, -0.2) is 9.78 Å². The average molecular weight is 1010 g/mol. The Kier molecular flexibility index (Phi) is 14.6. The zero-order valence-electron chi connectivity index (χ0n) is 38.2. The first kappa shape index (κ1) is 47.9. The number of fused-ring (bicyclic) bond motifs is 2. The van der Waals surface area contributed by atoms with Crippen LogP contribution in [0, 0.1) is 0 Å². The van der Waals surface area contributed by atoms with E-state index in [1.54, 1.807) is 55.0 Å². The van der Waals surface area contributed by atoms with Crippen LogP contribution in [0.5, 0.6) is 17.2 Å². The Morgan fingerprint density at radius 2 is 1.44 bits per heavy atom. The van der Waals surface area contributed by atoms with Gasteiger partial charge in [0, 0.05) is 39.1 Å². The van der Waals surface area contributed by atoms with Gasteiger partial charge in [0.25, 0.3) is 11.8 Å². The maximum Gasteiger partial charge on any atom is 0.355 e. The molecule has 14 nitrogen and oxygen atoms in total. The minimum atomic E-state index is -1.02. The lowest BCUT2D eigenvalue weighted by atomic mass is 9.77. The number of rotatable bonds is 18. The second-order valence-corrected chi connectivity index (χ2v) is 20.1. The molecule has 2 N–H and O–H groups in total. The van der Waals surface area contributed by atoms with Crippen LogP contribution in [-0.4, -0.2) is 84.7 Å². The summed E-state index contributed by atoms with van der Waals surface area (Å²) >= 11 is 5.47. The first-order chi connectivity index (χ1) is 34.1. The fourth-order valence-corrected chi connectivity index (χ4v) is 12.8. The highest BCUT2D eigenvalue weighted by molar-refractivity contribution is 8.02. The second kappa shape index (κ2) is 21.3. The molecule has 70 heavy (non-hydrogen) atoms. The van der Waals surface area contributed by atoms with E-state index in [4.69, 9.17) is 28.8 Å². The number of hydrogen-bond donors (Lipinski definition) is 2. The highest BCUT2D eigenvalue weighted by atomic mass is 32.2. The maximum absolute atomic E-state index is 14.3. The molecule has 0 radical (unpaired) electrons. The summed E-state index contributed by atoms with van der Waals surface area (Å²) < 4.78 is 23.4. The van der Waals surface area contributed by atoms with E-state index < -0.39 is 34.7 Å². The molecule has 0 saturated carbocycles. The third kappa shape index (κ3) is 9.59. The van der Waals surface area contributed by atoms with E-state index >= 15 is 0 Å². The first-order valence-electron chi connectivity index (χ1n) is 21.8. The van der Waals surface area contributed by atoms with Crippen molar-refractivity contribution in [2.24, 2.45) is 5.16 Å². The zero-order chi connectivity index (χ0) is 48.8. The average Bonchev–Trinajstić information content (AvgIpc) is 3.87. The van der Waals surface area contributed by atoms with Crippen LogP contribution in [0.3, 0.4) is 0 Å². The third-order valence-corrected chi connectivity index (χ3v) is 16.2. The summed E-state index contributed by atoms with van der Waals surface area (Å²) in [4.78, 5) is 67.4. The maximum atomic E-state index is 14.3. The Morgan fingerprint density at radius 1 is 0.814 bits per heavy atom. The van der Waals surface area contributed by atoms with Crippen molar-refractivity contribution in [1.29, 1.82) is 0 Å². The highest BCUT2D eigenvalue weighted by Crippen LogP contribution is 2.44. The molecule has 2 aliphatic rings. The van der Waals surface area contributed by atoms with Crippen LogP contribution in [0.2, 0.25) is 0 Å². The van der Waals surface area contributed by atoms with Gasteiger partial charge in [0.15, 0.2) is 27.8 Å². The molecular weight excluding hydrogens is 967 g/mol. The largest absolute Gasteiger partial charge is 0.497 e. The quantitative estimate of drug-likeness (QED) is 0.0210. The number of anilines is 1. The number of carbonyl (C=O) groups excluding carboxylic acids is 3. The number of amides is 2. The number of ether oxygens (including phenoxy) is 4. The van der Waals surface area contributed by atoms with Crippen molar-refractivity contribution in [3.05, 3.63) is 188 Å². The SMILES string of the molecule is CO/N=C(\C(=O)NC1C(=O)N2C(C(=O)OCc3ccc(OC)cc3)=C(CSc3cc(=O)c4cc(OC)c(OC)cc4s3)CS[C@@H]12)c1csc(NC(c2ccccc2)(c2ccccc2)c2ccccc2)n1. The number of carbonyl (C=O) groups is 3. The molecule has 1 saturated heterocycles. The molecule has 2 atom stereocenters. The number of hydrogen-bond acceptors (Lipinski definition) is 16. The number of oxime groups is 1. The van der Waals surface area contributed by atoms with Gasteiger partial charge in [0.05, 0.1) is 25.5 Å². The number of thioether (sulfide) groups is 2. The van der Waals surface area contributed by atoms with Gasteiger partial charge in [-0.05, 0) is 46.0 Å². The number of nitrogens with zero attached hydrogens (tertiary/aromatic N) is 3. The topological polar surface area (TPSA) is 167 Å². The number of thiazole rings is 1. The molecular formula is C52H45N5O9S4. The summed E-state index contributed by atoms with van der Waals surface area (Å²) in [7, 11) is 5.94. The molecule has 2 aliphatic heterocycles. The van der Waals surface area contributed by atoms with Crippen LogP contribution in [0.1, 0.15) is 27.9 Å². The number of β-lactam (4-membered cyclic amide) rings is 1. The Labute approximate surface area is 419 Å². The normalized spacial score (nSPS) is 15.7. The van der Waals surface area contributed by atoms with Crippen molar-refractivity contribution < 1.29 is 38.2 Å². The van der Waals surface area contributed by atoms with Gasteiger partial charge in [-0.15, -0.1) is 46.2 Å². The minimum Gasteiger partial charge on any atom is -0.497 e. The standard InChI is InChI=1S/C52H45N5O9S4/c1-62-36-22-20-31(21-23-36)27-66-50(61)46-32(28-67-43-25-39(58)37-24-40(63-2)41(64-3)26-42(37)70-43)29-68-49-45(48(60)57(46)49)54-47(59)44(56-65-4)38-30-69-51(53-38)55-52(33-14-8-5-9-15-33,34-16-10-6-11-17-34)35-18-12-7-13-19-35/h5-26,30,45,49H,27-29H2,1-4H3,(H,53,55)(H,54,59)/b56-44-/t45?,49-/m0/s1. The van der Waals surface area contributed by atoms with Crippen LogP contribution in [0.15, 0.2) is 164 Å². The van der Waals surface area contributed by atoms with Crippen molar-refractivity contribution >= 4 is 84.9 Å². The Balaban J connectivity index is 0.967. The molecule has 2 aromatic heterocycles. The number of aromatic nitrogens is 1. The number of methoxy groups -OCH3 is 3. The first-order valence-corrected chi connectivity index (χ1v) is 25.5. The molecule has 356 valence electrons. The fraction of sp³-hybridized carbons (Fsp3) is 0.192. The van der Waals surface area contributed by atoms with E-state index in [-0.39, 0.29) is 34.9 Å². The molecule has 0 aliphatic carbocycles. The lowest BCUT2D eigenvalue weighted by molar-refractivity contribution is -0.153. The van der Waals surface area contributed by atoms with Gasteiger partial charge < -0.3 is 34.4 Å². The summed E-state index contributed by atoms with van der Waals surface area (Å²) in [6.07, 6.45) is 0. The van der Waals surface area contributed by atoms with Crippen LogP contribution in [-0.2, 0) is 36.1 Å². The lowest BCUT2D eigenvalue weighted by Gasteiger charge is -2.49. The van der Waals surface area contributed by atoms with Crippen molar-refractivity contribution in [2.45, 2.75) is 27.8 Å². The molecule has 18 heteroatoms. The fourth-order valence-electron chi connectivity index (χ4n) is 8.30. The molecule has 4 heterocycles. The van der Waals surface area contributed by atoms with Gasteiger partial charge in [-0.3, -0.25) is 19.3 Å². The summed E-state index contributed by atoms with van der Waals surface area (Å²) in [5, 5.41) is 12.7. The van der Waals surface area contributed by atoms with Crippen LogP contribution in [0.4, 0.5) is 5.13 Å². The number of esters is 1. The molecule has 1 unspecified atom stereocenters. The van der Waals surface area contributed by atoms with E-state index in [0.717, 1.165) is 22.3 Å². The van der Waals surface area contributed by atoms with E-state index in [1.807, 2.05) is 54.6 Å². The van der Waals surface area contributed by atoms with E-state index in [9.17, 15) is 19.2 Å². The third-order valence-electron chi connectivity index (χ3n) is 11.7. The van der Waals surface area contributed by atoms with Gasteiger partial charge in [-0.2, -0.15) is 0 Å². The Bertz CT molecular complexity index is 3070. The van der Waals surface area contributed by atoms with Crippen LogP contribution < -0.4 is 30.3 Å². The Hall–Kier alpha value is -7.12. The monoisotopic (exact) mass is 1010 g/mol.